The highest BCUT2D eigenvalue weighted by Gasteiger charge is 2.08. The van der Waals surface area contributed by atoms with Gasteiger partial charge in [0.15, 0.2) is 6.61 Å². The highest BCUT2D eigenvalue weighted by molar-refractivity contribution is 5.91. The SMILES string of the molecule is CCCCc1ccc(OCC(=O)NN=Cc2ccc(OC(=O)c3ccc(OC)cc3)cc2)cc1. The van der Waals surface area contributed by atoms with Crippen LogP contribution in [0, 0.1) is 0 Å². The predicted molar refractivity (Wildman–Crippen MR) is 131 cm³/mol. The molecule has 0 aliphatic rings. The molecule has 3 rings (SSSR count). The van der Waals surface area contributed by atoms with Crippen molar-refractivity contribution in [2.24, 2.45) is 5.10 Å². The number of hydrogen-bond donors (Lipinski definition) is 1. The topological polar surface area (TPSA) is 86.2 Å². The maximum Gasteiger partial charge on any atom is 0.343 e. The molecule has 7 heteroatoms. The van der Waals surface area contributed by atoms with Crippen LogP contribution in [0.5, 0.6) is 17.2 Å². The molecule has 0 bridgehead atoms. The van der Waals surface area contributed by atoms with E-state index in [0.717, 1.165) is 24.8 Å². The van der Waals surface area contributed by atoms with Gasteiger partial charge in [-0.25, -0.2) is 10.2 Å². The quantitative estimate of drug-likeness (QED) is 0.193. The highest BCUT2D eigenvalue weighted by Crippen LogP contribution is 2.16. The monoisotopic (exact) mass is 460 g/mol. The summed E-state index contributed by atoms with van der Waals surface area (Å²) in [5.41, 5.74) is 4.83. The summed E-state index contributed by atoms with van der Waals surface area (Å²) in [4.78, 5) is 24.2. The standard InChI is InChI=1S/C27H28N2O5/c1-3-4-5-20-6-12-24(13-7-20)33-19-26(30)29-28-18-21-8-14-25(15-9-21)34-27(31)22-10-16-23(32-2)17-11-22/h6-18H,3-5,19H2,1-2H3,(H,29,30). The van der Waals surface area contributed by atoms with E-state index in [1.54, 1.807) is 55.6 Å². The minimum atomic E-state index is -0.466. The van der Waals surface area contributed by atoms with Crippen LogP contribution in [0.2, 0.25) is 0 Å². The third kappa shape index (κ3) is 7.78. The Labute approximate surface area is 199 Å². The maximum atomic E-state index is 12.2. The first-order valence-electron chi connectivity index (χ1n) is 11.1. The molecule has 0 saturated heterocycles. The Morgan fingerprint density at radius 3 is 2.18 bits per heavy atom. The van der Waals surface area contributed by atoms with Gasteiger partial charge in [0.05, 0.1) is 18.9 Å². The van der Waals surface area contributed by atoms with E-state index in [1.165, 1.54) is 11.8 Å². The number of aryl methyl sites for hydroxylation is 1. The molecule has 0 fully saturated rings. The van der Waals surface area contributed by atoms with Crippen molar-refractivity contribution in [2.45, 2.75) is 26.2 Å². The molecule has 34 heavy (non-hydrogen) atoms. The van der Waals surface area contributed by atoms with Crippen molar-refractivity contribution in [2.75, 3.05) is 13.7 Å². The smallest absolute Gasteiger partial charge is 0.343 e. The molecular weight excluding hydrogens is 432 g/mol. The maximum absolute atomic E-state index is 12.2. The molecule has 0 spiro atoms. The average molecular weight is 461 g/mol. The van der Waals surface area contributed by atoms with Crippen LogP contribution in [-0.2, 0) is 11.2 Å². The van der Waals surface area contributed by atoms with Gasteiger partial charge < -0.3 is 14.2 Å². The number of nitrogens with one attached hydrogen (secondary N) is 1. The van der Waals surface area contributed by atoms with Crippen molar-refractivity contribution in [3.63, 3.8) is 0 Å². The highest BCUT2D eigenvalue weighted by atomic mass is 16.5. The largest absolute Gasteiger partial charge is 0.497 e. The Hall–Kier alpha value is -4.13. The average Bonchev–Trinajstić information content (AvgIpc) is 2.88. The zero-order valence-corrected chi connectivity index (χ0v) is 19.3. The number of carbonyl (C=O) groups excluding carboxylic acids is 2. The van der Waals surface area contributed by atoms with Gasteiger partial charge in [0.2, 0.25) is 0 Å². The summed E-state index contributed by atoms with van der Waals surface area (Å²) in [5, 5.41) is 3.93. The minimum absolute atomic E-state index is 0.133. The number of carbonyl (C=O) groups is 2. The van der Waals surface area contributed by atoms with Crippen molar-refractivity contribution >= 4 is 18.1 Å². The van der Waals surface area contributed by atoms with E-state index in [4.69, 9.17) is 14.2 Å². The first-order chi connectivity index (χ1) is 16.6. The number of nitrogens with zero attached hydrogens (tertiary/aromatic N) is 1. The van der Waals surface area contributed by atoms with Crippen molar-refractivity contribution < 1.29 is 23.8 Å². The van der Waals surface area contributed by atoms with Crippen molar-refractivity contribution in [3.05, 3.63) is 89.5 Å². The lowest BCUT2D eigenvalue weighted by Crippen LogP contribution is -2.24. The molecule has 1 amide bonds. The molecule has 7 nitrogen and oxygen atoms in total. The molecule has 3 aromatic carbocycles. The molecule has 0 aliphatic heterocycles. The predicted octanol–water partition coefficient (Wildman–Crippen LogP) is 4.79. The number of unbranched alkanes of at least 4 members (excludes halogenated alkanes) is 1. The second-order valence-corrected chi connectivity index (χ2v) is 7.52. The van der Waals surface area contributed by atoms with Crippen LogP contribution >= 0.6 is 0 Å². The second kappa shape index (κ2) is 12.8. The van der Waals surface area contributed by atoms with Crippen molar-refractivity contribution in [1.29, 1.82) is 0 Å². The van der Waals surface area contributed by atoms with Gasteiger partial charge in [0.1, 0.15) is 17.2 Å². The van der Waals surface area contributed by atoms with Crippen LogP contribution in [0.15, 0.2) is 77.9 Å². The Morgan fingerprint density at radius 1 is 0.882 bits per heavy atom. The number of esters is 1. The summed E-state index contributed by atoms with van der Waals surface area (Å²) in [6.07, 6.45) is 4.84. The van der Waals surface area contributed by atoms with E-state index < -0.39 is 5.97 Å². The zero-order valence-electron chi connectivity index (χ0n) is 19.3. The van der Waals surface area contributed by atoms with E-state index in [9.17, 15) is 9.59 Å². The van der Waals surface area contributed by atoms with Gasteiger partial charge in [-0.15, -0.1) is 0 Å². The van der Waals surface area contributed by atoms with Gasteiger partial charge in [-0.1, -0.05) is 25.5 Å². The summed E-state index contributed by atoms with van der Waals surface area (Å²) >= 11 is 0. The molecule has 3 aromatic rings. The normalized spacial score (nSPS) is 10.6. The zero-order chi connectivity index (χ0) is 24.2. The van der Waals surface area contributed by atoms with E-state index in [0.29, 0.717) is 22.8 Å². The molecule has 0 saturated carbocycles. The molecule has 0 radical (unpaired) electrons. The van der Waals surface area contributed by atoms with Gasteiger partial charge >= 0.3 is 5.97 Å². The number of methoxy groups -OCH3 is 1. The summed E-state index contributed by atoms with van der Waals surface area (Å²) in [6, 6.07) is 21.2. The minimum Gasteiger partial charge on any atom is -0.497 e. The summed E-state index contributed by atoms with van der Waals surface area (Å²) in [5.74, 6) is 0.869. The molecule has 0 atom stereocenters. The molecule has 0 unspecified atom stereocenters. The number of hydrogen-bond acceptors (Lipinski definition) is 6. The first kappa shape index (κ1) is 24.5. The van der Waals surface area contributed by atoms with Crippen molar-refractivity contribution in [1.82, 2.24) is 5.43 Å². The van der Waals surface area contributed by atoms with E-state index in [2.05, 4.69) is 17.5 Å². The van der Waals surface area contributed by atoms with Gasteiger partial charge in [-0.2, -0.15) is 5.10 Å². The van der Waals surface area contributed by atoms with Gasteiger partial charge in [-0.3, -0.25) is 4.79 Å². The Bertz CT molecular complexity index is 1090. The second-order valence-electron chi connectivity index (χ2n) is 7.52. The Balaban J connectivity index is 1.42. The molecular formula is C27H28N2O5. The molecule has 0 aromatic heterocycles. The molecule has 176 valence electrons. The third-order valence-electron chi connectivity index (χ3n) is 4.93. The van der Waals surface area contributed by atoms with Crippen LogP contribution in [0.3, 0.4) is 0 Å². The van der Waals surface area contributed by atoms with E-state index in [1.807, 2.05) is 24.3 Å². The lowest BCUT2D eigenvalue weighted by atomic mass is 10.1. The van der Waals surface area contributed by atoms with Gasteiger partial charge in [-0.05, 0) is 84.6 Å². The Morgan fingerprint density at radius 2 is 1.53 bits per heavy atom. The van der Waals surface area contributed by atoms with Crippen LogP contribution in [0.25, 0.3) is 0 Å². The fourth-order valence-electron chi connectivity index (χ4n) is 3.01. The first-order valence-corrected chi connectivity index (χ1v) is 11.1. The summed E-state index contributed by atoms with van der Waals surface area (Å²) < 4.78 is 15.9. The molecule has 0 heterocycles. The van der Waals surface area contributed by atoms with Gasteiger partial charge in [0, 0.05) is 0 Å². The van der Waals surface area contributed by atoms with Crippen LogP contribution in [0.4, 0.5) is 0 Å². The van der Waals surface area contributed by atoms with E-state index >= 15 is 0 Å². The van der Waals surface area contributed by atoms with Crippen molar-refractivity contribution in [3.8, 4) is 17.2 Å². The number of ether oxygens (including phenoxy) is 3. The van der Waals surface area contributed by atoms with Crippen LogP contribution in [0.1, 0.15) is 41.3 Å². The fraction of sp³-hybridized carbons (Fsp3) is 0.222. The van der Waals surface area contributed by atoms with Gasteiger partial charge in [0.25, 0.3) is 5.91 Å². The summed E-state index contributed by atoms with van der Waals surface area (Å²) in [7, 11) is 1.56. The number of amides is 1. The molecule has 0 aliphatic carbocycles. The fourth-order valence-corrected chi connectivity index (χ4v) is 3.01. The van der Waals surface area contributed by atoms with Crippen LogP contribution in [-0.4, -0.2) is 31.8 Å². The van der Waals surface area contributed by atoms with E-state index in [-0.39, 0.29) is 12.5 Å². The number of hydrazone groups is 1. The number of benzene rings is 3. The lowest BCUT2D eigenvalue weighted by Gasteiger charge is -2.06. The number of rotatable bonds is 11. The van der Waals surface area contributed by atoms with Crippen LogP contribution < -0.4 is 19.6 Å². The molecule has 1 N–H and O–H groups in total. The third-order valence-corrected chi connectivity index (χ3v) is 4.93. The summed E-state index contributed by atoms with van der Waals surface area (Å²) in [6.45, 7) is 2.03. The Kier molecular flexibility index (Phi) is 9.22. The lowest BCUT2D eigenvalue weighted by molar-refractivity contribution is -0.123.